The fourth-order valence-corrected chi connectivity index (χ4v) is 4.84. The van der Waals surface area contributed by atoms with Crippen LogP contribution in [0.15, 0.2) is 23.1 Å². The number of carbonyl (C=O) groups is 1. The third kappa shape index (κ3) is 2.58. The second-order valence-corrected chi connectivity index (χ2v) is 7.68. The maximum atomic E-state index is 12.8. The molecule has 1 aromatic carbocycles. The predicted molar refractivity (Wildman–Crippen MR) is 79.7 cm³/mol. The van der Waals surface area contributed by atoms with Crippen LogP contribution < -0.4 is 5.32 Å². The van der Waals surface area contributed by atoms with E-state index in [2.05, 4.69) is 5.32 Å². The summed E-state index contributed by atoms with van der Waals surface area (Å²) < 4.78 is 27.1. The molecule has 21 heavy (non-hydrogen) atoms. The Balaban J connectivity index is 1.99. The molecule has 0 aromatic heterocycles. The van der Waals surface area contributed by atoms with Crippen LogP contribution in [0.25, 0.3) is 0 Å². The van der Waals surface area contributed by atoms with Gasteiger partial charge in [-0.25, -0.2) is 8.42 Å². The summed E-state index contributed by atoms with van der Waals surface area (Å²) in [5.41, 5.74) is 1.41. The van der Waals surface area contributed by atoms with E-state index in [0.717, 1.165) is 31.2 Å². The number of nitrogens with zero attached hydrogens (tertiary/aromatic N) is 1. The van der Waals surface area contributed by atoms with Crippen molar-refractivity contribution in [2.75, 3.05) is 13.1 Å². The van der Waals surface area contributed by atoms with Gasteiger partial charge in [0.05, 0.1) is 4.90 Å². The highest BCUT2D eigenvalue weighted by Gasteiger charge is 2.32. The first-order valence-corrected chi connectivity index (χ1v) is 8.87. The quantitative estimate of drug-likeness (QED) is 0.901. The van der Waals surface area contributed by atoms with Gasteiger partial charge in [0.15, 0.2) is 0 Å². The Kier molecular flexibility index (Phi) is 3.75. The first-order chi connectivity index (χ1) is 10.00. The molecule has 1 fully saturated rings. The summed E-state index contributed by atoms with van der Waals surface area (Å²) in [5.74, 6) is -0.181. The van der Waals surface area contributed by atoms with Crippen molar-refractivity contribution in [3.8, 4) is 0 Å². The van der Waals surface area contributed by atoms with E-state index >= 15 is 0 Å². The van der Waals surface area contributed by atoms with Crippen LogP contribution in [-0.4, -0.2) is 37.8 Å². The average Bonchev–Trinajstić information content (AvgIpc) is 2.47. The highest BCUT2D eigenvalue weighted by Crippen LogP contribution is 2.27. The van der Waals surface area contributed by atoms with Gasteiger partial charge in [0.1, 0.15) is 0 Å². The molecule has 1 atom stereocenters. The van der Waals surface area contributed by atoms with Gasteiger partial charge in [-0.05, 0) is 43.9 Å². The van der Waals surface area contributed by atoms with Crippen LogP contribution in [0.2, 0.25) is 0 Å². The van der Waals surface area contributed by atoms with Crippen molar-refractivity contribution >= 4 is 15.9 Å². The molecule has 0 aliphatic carbocycles. The van der Waals surface area contributed by atoms with Crippen molar-refractivity contribution in [2.45, 2.75) is 43.5 Å². The van der Waals surface area contributed by atoms with Crippen molar-refractivity contribution < 1.29 is 13.2 Å². The molecular weight excluding hydrogens is 288 g/mol. The zero-order valence-corrected chi connectivity index (χ0v) is 12.9. The van der Waals surface area contributed by atoms with Crippen molar-refractivity contribution in [2.24, 2.45) is 0 Å². The molecule has 0 radical (unpaired) electrons. The van der Waals surface area contributed by atoms with Crippen LogP contribution in [0.5, 0.6) is 0 Å². The number of rotatable bonds is 2. The standard InChI is InChI=1S/C15H20N2O3S/c1-11-4-2-3-9-17(11)21(19,20)13-6-5-12-7-8-16-15(18)14(12)10-13/h5-6,10-11H,2-4,7-9H2,1H3,(H,16,18). The Labute approximate surface area is 125 Å². The Morgan fingerprint density at radius 3 is 2.86 bits per heavy atom. The van der Waals surface area contributed by atoms with E-state index in [1.54, 1.807) is 16.4 Å². The third-order valence-electron chi connectivity index (χ3n) is 4.35. The molecular formula is C15H20N2O3S. The van der Waals surface area contributed by atoms with E-state index in [-0.39, 0.29) is 16.8 Å². The van der Waals surface area contributed by atoms with Crippen molar-refractivity contribution in [3.05, 3.63) is 29.3 Å². The molecule has 2 aliphatic rings. The minimum atomic E-state index is -3.51. The van der Waals surface area contributed by atoms with Gasteiger partial charge in [0.25, 0.3) is 5.91 Å². The summed E-state index contributed by atoms with van der Waals surface area (Å²) in [6.07, 6.45) is 3.61. The van der Waals surface area contributed by atoms with E-state index in [1.165, 1.54) is 6.07 Å². The van der Waals surface area contributed by atoms with Gasteiger partial charge in [-0.3, -0.25) is 4.79 Å². The summed E-state index contributed by atoms with van der Waals surface area (Å²) in [6, 6.07) is 4.96. The van der Waals surface area contributed by atoms with E-state index < -0.39 is 10.0 Å². The number of piperidine rings is 1. The molecule has 1 aromatic rings. The maximum absolute atomic E-state index is 12.8. The number of fused-ring (bicyclic) bond motifs is 1. The summed E-state index contributed by atoms with van der Waals surface area (Å²) in [6.45, 7) is 3.12. The number of amides is 1. The number of sulfonamides is 1. The average molecular weight is 308 g/mol. The molecule has 5 nitrogen and oxygen atoms in total. The van der Waals surface area contributed by atoms with E-state index in [9.17, 15) is 13.2 Å². The van der Waals surface area contributed by atoms with E-state index in [4.69, 9.17) is 0 Å². The number of carbonyl (C=O) groups excluding carboxylic acids is 1. The minimum Gasteiger partial charge on any atom is -0.352 e. The molecule has 1 unspecified atom stereocenters. The van der Waals surface area contributed by atoms with Crippen LogP contribution >= 0.6 is 0 Å². The fourth-order valence-electron chi connectivity index (χ4n) is 3.12. The highest BCUT2D eigenvalue weighted by molar-refractivity contribution is 7.89. The number of nitrogens with one attached hydrogen (secondary N) is 1. The molecule has 1 saturated heterocycles. The van der Waals surface area contributed by atoms with Gasteiger partial charge in [0.2, 0.25) is 10.0 Å². The smallest absolute Gasteiger partial charge is 0.251 e. The fraction of sp³-hybridized carbons (Fsp3) is 0.533. The largest absolute Gasteiger partial charge is 0.352 e. The van der Waals surface area contributed by atoms with Gasteiger partial charge in [-0.2, -0.15) is 4.31 Å². The number of hydrogen-bond donors (Lipinski definition) is 1. The zero-order valence-electron chi connectivity index (χ0n) is 12.1. The second-order valence-electron chi connectivity index (χ2n) is 5.79. The van der Waals surface area contributed by atoms with E-state index in [1.807, 2.05) is 6.92 Å². The van der Waals surface area contributed by atoms with Gasteiger partial charge in [0, 0.05) is 24.7 Å². The molecule has 2 aliphatic heterocycles. The summed E-state index contributed by atoms with van der Waals surface area (Å²) in [5, 5.41) is 2.76. The molecule has 2 heterocycles. The van der Waals surface area contributed by atoms with Crippen LogP contribution in [0.4, 0.5) is 0 Å². The molecule has 114 valence electrons. The normalized spacial score (nSPS) is 23.5. The zero-order chi connectivity index (χ0) is 15.0. The summed E-state index contributed by atoms with van der Waals surface area (Å²) >= 11 is 0. The van der Waals surface area contributed by atoms with Gasteiger partial charge in [-0.1, -0.05) is 12.5 Å². The van der Waals surface area contributed by atoms with Gasteiger partial charge < -0.3 is 5.32 Å². The molecule has 0 bridgehead atoms. The highest BCUT2D eigenvalue weighted by atomic mass is 32.2. The lowest BCUT2D eigenvalue weighted by Gasteiger charge is -2.32. The molecule has 0 spiro atoms. The predicted octanol–water partition coefficient (Wildman–Crippen LogP) is 1.54. The van der Waals surface area contributed by atoms with Gasteiger partial charge >= 0.3 is 0 Å². The monoisotopic (exact) mass is 308 g/mol. The minimum absolute atomic E-state index is 0.0219. The number of hydrogen-bond acceptors (Lipinski definition) is 3. The lowest BCUT2D eigenvalue weighted by Crippen LogP contribution is -2.42. The summed E-state index contributed by atoms with van der Waals surface area (Å²) in [7, 11) is -3.51. The molecule has 1 N–H and O–H groups in total. The SMILES string of the molecule is CC1CCCCN1S(=O)(=O)c1ccc2c(c1)C(=O)NCC2. The molecule has 0 saturated carbocycles. The second kappa shape index (κ2) is 5.42. The lowest BCUT2D eigenvalue weighted by molar-refractivity contribution is 0.0945. The van der Waals surface area contributed by atoms with Crippen molar-refractivity contribution in [1.29, 1.82) is 0 Å². The Bertz CT molecular complexity index is 669. The topological polar surface area (TPSA) is 66.5 Å². The van der Waals surface area contributed by atoms with Crippen LogP contribution in [-0.2, 0) is 16.4 Å². The van der Waals surface area contributed by atoms with Crippen LogP contribution in [0.1, 0.15) is 42.1 Å². The first-order valence-electron chi connectivity index (χ1n) is 7.43. The third-order valence-corrected chi connectivity index (χ3v) is 6.36. The van der Waals surface area contributed by atoms with Crippen LogP contribution in [0.3, 0.4) is 0 Å². The molecule has 3 rings (SSSR count). The maximum Gasteiger partial charge on any atom is 0.251 e. The van der Waals surface area contributed by atoms with E-state index in [0.29, 0.717) is 18.7 Å². The first kappa shape index (κ1) is 14.5. The Morgan fingerprint density at radius 2 is 2.10 bits per heavy atom. The van der Waals surface area contributed by atoms with Gasteiger partial charge in [-0.15, -0.1) is 0 Å². The number of benzene rings is 1. The van der Waals surface area contributed by atoms with Crippen molar-refractivity contribution in [3.63, 3.8) is 0 Å². The molecule has 1 amide bonds. The summed E-state index contributed by atoms with van der Waals surface area (Å²) in [4.78, 5) is 12.1. The molecule has 6 heteroatoms. The Hall–Kier alpha value is -1.40. The van der Waals surface area contributed by atoms with Crippen LogP contribution in [0, 0.1) is 0 Å². The lowest BCUT2D eigenvalue weighted by atomic mass is 10.0. The van der Waals surface area contributed by atoms with Crippen molar-refractivity contribution in [1.82, 2.24) is 9.62 Å². The Morgan fingerprint density at radius 1 is 1.29 bits per heavy atom.